The van der Waals surface area contributed by atoms with Crippen LogP contribution in [0.1, 0.15) is 316 Å². The van der Waals surface area contributed by atoms with E-state index in [1.165, 1.54) is 250 Å². The van der Waals surface area contributed by atoms with Crippen LogP contribution in [0.4, 0.5) is 0 Å². The molecule has 1 rings (SSSR count). The fraction of sp³-hybridized carbons (Fsp3) is 0.866. The van der Waals surface area contributed by atoms with Crippen LogP contribution in [-0.2, 0) is 14.3 Å². The summed E-state index contributed by atoms with van der Waals surface area (Å²) in [5, 5.41) is 54.6. The highest BCUT2D eigenvalue weighted by Crippen LogP contribution is 2.23. The molecule has 0 radical (unpaired) electrons. The lowest BCUT2D eigenvalue weighted by Gasteiger charge is -2.40. The molecule has 0 saturated carbocycles. The lowest BCUT2D eigenvalue weighted by Crippen LogP contribution is -2.60. The largest absolute Gasteiger partial charge is 0.394 e. The Kier molecular flexibility index (Phi) is 53.6. The first-order valence-corrected chi connectivity index (χ1v) is 32.9. The lowest BCUT2D eigenvalue weighted by molar-refractivity contribution is -0.302. The van der Waals surface area contributed by atoms with Crippen molar-refractivity contribution in [3.63, 3.8) is 0 Å². The SMILES string of the molecule is CCCCCCC/C=C\C/C=C\CCCCCCCCCCCCCC(=O)NC(COC1OC(CO)C(O)C(O)C1O)C(O)/C=C/CC/C=C/CCCCCCCCCCCCCCCCCCCCCCCCCC. The van der Waals surface area contributed by atoms with Crippen LogP contribution in [0.2, 0.25) is 0 Å². The summed E-state index contributed by atoms with van der Waals surface area (Å²) in [6.07, 6.45) is 69.2. The number of ether oxygens (including phenoxy) is 2. The predicted molar refractivity (Wildman–Crippen MR) is 323 cm³/mol. The summed E-state index contributed by atoms with van der Waals surface area (Å²) in [5.41, 5.74) is 0. The first-order chi connectivity index (χ1) is 37.3. The Morgan fingerprint density at radius 1 is 0.447 bits per heavy atom. The van der Waals surface area contributed by atoms with E-state index >= 15 is 0 Å². The number of hydrogen-bond acceptors (Lipinski definition) is 8. The molecule has 9 heteroatoms. The number of carbonyl (C=O) groups is 1. The summed E-state index contributed by atoms with van der Waals surface area (Å²) in [6, 6.07) is -0.825. The van der Waals surface area contributed by atoms with Gasteiger partial charge in [0.1, 0.15) is 24.4 Å². The molecule has 0 aromatic heterocycles. The number of rotatable bonds is 57. The highest BCUT2D eigenvalue weighted by Gasteiger charge is 2.44. The summed E-state index contributed by atoms with van der Waals surface area (Å²) < 4.78 is 11.3. The number of nitrogens with one attached hydrogen (secondary N) is 1. The smallest absolute Gasteiger partial charge is 0.220 e. The van der Waals surface area contributed by atoms with E-state index in [1.54, 1.807) is 6.08 Å². The fourth-order valence-corrected chi connectivity index (χ4v) is 10.4. The maximum Gasteiger partial charge on any atom is 0.220 e. The van der Waals surface area contributed by atoms with Gasteiger partial charge >= 0.3 is 0 Å². The van der Waals surface area contributed by atoms with Crippen LogP contribution in [0.25, 0.3) is 0 Å². The van der Waals surface area contributed by atoms with Crippen LogP contribution in [0.3, 0.4) is 0 Å². The second-order valence-electron chi connectivity index (χ2n) is 22.9. The lowest BCUT2D eigenvalue weighted by atomic mass is 9.99. The third-order valence-corrected chi connectivity index (χ3v) is 15.6. The molecule has 0 aromatic rings. The zero-order chi connectivity index (χ0) is 55.0. The summed E-state index contributed by atoms with van der Waals surface area (Å²) >= 11 is 0. The van der Waals surface area contributed by atoms with Gasteiger partial charge in [0.2, 0.25) is 5.91 Å². The zero-order valence-corrected chi connectivity index (χ0v) is 49.8. The van der Waals surface area contributed by atoms with E-state index in [-0.39, 0.29) is 12.5 Å². The standard InChI is InChI=1S/C67H125NO8/c1-3-5-7-9-11-13-15-17-19-21-23-25-27-28-29-30-31-32-33-35-36-38-40-42-44-46-48-50-52-54-56-61(70)60(59-75-67-66(74)65(73)64(72)62(58-69)76-67)68-63(71)57-55-53-51-49-47-45-43-41-39-37-34-26-24-22-20-18-16-14-12-10-8-6-4-2/h16,18,22,24,46,48,54,56,60-62,64-67,69-70,72-74H,3-15,17,19-21,23,25-45,47,49-53,55,57-59H2,1-2H3,(H,68,71)/b18-16-,24-22-,48-46+,56-54+. The summed E-state index contributed by atoms with van der Waals surface area (Å²) in [6.45, 7) is 3.79. The highest BCUT2D eigenvalue weighted by molar-refractivity contribution is 5.76. The van der Waals surface area contributed by atoms with Crippen molar-refractivity contribution >= 4 is 5.91 Å². The van der Waals surface area contributed by atoms with Gasteiger partial charge in [-0.25, -0.2) is 0 Å². The van der Waals surface area contributed by atoms with Crippen molar-refractivity contribution in [1.29, 1.82) is 0 Å². The van der Waals surface area contributed by atoms with E-state index in [0.717, 1.165) is 44.9 Å². The molecule has 1 amide bonds. The number of carbonyl (C=O) groups excluding carboxylic acids is 1. The molecule has 1 aliphatic rings. The van der Waals surface area contributed by atoms with Crippen LogP contribution in [-0.4, -0.2) is 87.5 Å². The van der Waals surface area contributed by atoms with Crippen molar-refractivity contribution < 1.29 is 39.8 Å². The van der Waals surface area contributed by atoms with Crippen LogP contribution in [0, 0.1) is 0 Å². The van der Waals surface area contributed by atoms with Gasteiger partial charge in [-0.1, -0.05) is 294 Å². The van der Waals surface area contributed by atoms with Crippen LogP contribution < -0.4 is 5.32 Å². The van der Waals surface area contributed by atoms with Gasteiger partial charge < -0.3 is 40.3 Å². The maximum absolute atomic E-state index is 13.1. The minimum atomic E-state index is -1.57. The topological polar surface area (TPSA) is 149 Å². The Labute approximate surface area is 469 Å². The van der Waals surface area contributed by atoms with Crippen LogP contribution in [0.5, 0.6) is 0 Å². The molecule has 0 spiro atoms. The van der Waals surface area contributed by atoms with Gasteiger partial charge in [0.25, 0.3) is 0 Å². The second-order valence-corrected chi connectivity index (χ2v) is 22.9. The van der Waals surface area contributed by atoms with Gasteiger partial charge in [-0.05, 0) is 64.2 Å². The van der Waals surface area contributed by atoms with Crippen molar-refractivity contribution in [2.75, 3.05) is 13.2 Å². The van der Waals surface area contributed by atoms with E-state index in [2.05, 4.69) is 55.6 Å². The first kappa shape index (κ1) is 72.2. The minimum absolute atomic E-state index is 0.186. The van der Waals surface area contributed by atoms with Crippen molar-refractivity contribution in [3.8, 4) is 0 Å². The van der Waals surface area contributed by atoms with Crippen molar-refractivity contribution in [1.82, 2.24) is 5.32 Å². The van der Waals surface area contributed by atoms with Crippen LogP contribution >= 0.6 is 0 Å². The average molecular weight is 1070 g/mol. The number of aliphatic hydroxyl groups is 5. The molecule has 0 aliphatic carbocycles. The van der Waals surface area contributed by atoms with Gasteiger partial charge in [0.05, 0.1) is 25.4 Å². The van der Waals surface area contributed by atoms with Crippen molar-refractivity contribution in [2.24, 2.45) is 0 Å². The molecular weight excluding hydrogens is 947 g/mol. The molecule has 7 unspecified atom stereocenters. The van der Waals surface area contributed by atoms with E-state index in [4.69, 9.17) is 9.47 Å². The number of amides is 1. The molecular formula is C67H125NO8. The molecule has 1 fully saturated rings. The Morgan fingerprint density at radius 3 is 1.18 bits per heavy atom. The third-order valence-electron chi connectivity index (χ3n) is 15.6. The molecule has 9 nitrogen and oxygen atoms in total. The Morgan fingerprint density at radius 2 is 0.789 bits per heavy atom. The summed E-state index contributed by atoms with van der Waals surface area (Å²) in [5.74, 6) is -0.186. The molecule has 1 saturated heterocycles. The van der Waals surface area contributed by atoms with Crippen molar-refractivity contribution in [3.05, 3.63) is 48.6 Å². The summed E-state index contributed by atoms with van der Waals surface area (Å²) in [4.78, 5) is 13.1. The van der Waals surface area contributed by atoms with Gasteiger partial charge in [0.15, 0.2) is 6.29 Å². The maximum atomic E-state index is 13.1. The van der Waals surface area contributed by atoms with E-state index in [9.17, 15) is 30.3 Å². The normalized spacial score (nSPS) is 19.1. The van der Waals surface area contributed by atoms with Gasteiger partial charge in [-0.3, -0.25) is 4.79 Å². The quantitative estimate of drug-likeness (QED) is 0.0261. The molecule has 446 valence electrons. The number of allylic oxidation sites excluding steroid dienone is 7. The summed E-state index contributed by atoms with van der Waals surface area (Å²) in [7, 11) is 0. The first-order valence-electron chi connectivity index (χ1n) is 32.9. The van der Waals surface area contributed by atoms with Crippen LogP contribution in [0.15, 0.2) is 48.6 Å². The second kappa shape index (κ2) is 56.4. The Balaban J connectivity index is 2.18. The molecule has 0 aromatic carbocycles. The molecule has 1 aliphatic heterocycles. The van der Waals surface area contributed by atoms with E-state index in [0.29, 0.717) is 6.42 Å². The van der Waals surface area contributed by atoms with E-state index < -0.39 is 49.5 Å². The number of unbranched alkanes of at least 4 members (excludes halogenated alkanes) is 41. The Bertz CT molecular complexity index is 1340. The number of aliphatic hydroxyl groups excluding tert-OH is 5. The monoisotopic (exact) mass is 1070 g/mol. The minimum Gasteiger partial charge on any atom is -0.394 e. The third kappa shape index (κ3) is 44.9. The molecule has 6 N–H and O–H groups in total. The van der Waals surface area contributed by atoms with E-state index in [1.807, 2.05) is 6.08 Å². The highest BCUT2D eigenvalue weighted by atomic mass is 16.7. The van der Waals surface area contributed by atoms with Gasteiger partial charge in [-0.15, -0.1) is 0 Å². The zero-order valence-electron chi connectivity index (χ0n) is 49.8. The fourth-order valence-electron chi connectivity index (χ4n) is 10.4. The number of hydrogen-bond donors (Lipinski definition) is 6. The van der Waals surface area contributed by atoms with Gasteiger partial charge in [-0.2, -0.15) is 0 Å². The van der Waals surface area contributed by atoms with Gasteiger partial charge in [0, 0.05) is 6.42 Å². The predicted octanol–water partition coefficient (Wildman–Crippen LogP) is 17.2. The average Bonchev–Trinajstić information content (AvgIpc) is 3.42. The molecule has 0 bridgehead atoms. The Hall–Kier alpha value is -1.85. The van der Waals surface area contributed by atoms with Crippen molar-refractivity contribution in [2.45, 2.75) is 358 Å². The molecule has 1 heterocycles. The molecule has 7 atom stereocenters. The molecule has 76 heavy (non-hydrogen) atoms.